The van der Waals surface area contributed by atoms with E-state index in [1.807, 2.05) is 34.0 Å². The van der Waals surface area contributed by atoms with Crippen LogP contribution in [0.15, 0.2) is 6.20 Å². The van der Waals surface area contributed by atoms with Crippen LogP contribution in [0.3, 0.4) is 0 Å². The molecule has 110 valence electrons. The molecule has 2 unspecified atom stereocenters. The minimum Gasteiger partial charge on any atom is -0.481 e. The van der Waals surface area contributed by atoms with Gasteiger partial charge in [-0.25, -0.2) is 0 Å². The van der Waals surface area contributed by atoms with E-state index in [2.05, 4.69) is 5.10 Å². The number of hydrogen-bond donors (Lipinski definition) is 1. The zero-order valence-electron chi connectivity index (χ0n) is 12.3. The Bertz CT molecular complexity index is 536. The highest BCUT2D eigenvalue weighted by Crippen LogP contribution is 2.40. The summed E-state index contributed by atoms with van der Waals surface area (Å²) in [5.74, 6) is -1.71. The van der Waals surface area contributed by atoms with Gasteiger partial charge in [0.05, 0.1) is 17.7 Å². The molecule has 0 bridgehead atoms. The van der Waals surface area contributed by atoms with Crippen LogP contribution in [0.5, 0.6) is 0 Å². The van der Waals surface area contributed by atoms with Gasteiger partial charge >= 0.3 is 5.97 Å². The van der Waals surface area contributed by atoms with Crippen LogP contribution in [0.1, 0.15) is 44.5 Å². The number of likely N-dealkylation sites (tertiary alicyclic amines) is 1. The van der Waals surface area contributed by atoms with E-state index in [1.54, 1.807) is 9.58 Å². The minimum atomic E-state index is -0.919. The zero-order valence-corrected chi connectivity index (χ0v) is 12.3. The highest BCUT2D eigenvalue weighted by atomic mass is 16.4. The minimum absolute atomic E-state index is 0.0261. The normalized spacial score (nSPS) is 22.9. The molecule has 0 spiro atoms. The molecule has 6 heteroatoms. The summed E-state index contributed by atoms with van der Waals surface area (Å²) >= 11 is 0. The summed E-state index contributed by atoms with van der Waals surface area (Å²) in [7, 11) is 1.81. The van der Waals surface area contributed by atoms with Crippen molar-refractivity contribution in [1.82, 2.24) is 14.7 Å². The average Bonchev–Trinajstić information content (AvgIpc) is 2.88. The number of carboxylic acids is 1. The smallest absolute Gasteiger partial charge is 0.309 e. The molecular weight excluding hydrogens is 258 g/mol. The van der Waals surface area contributed by atoms with Crippen LogP contribution in [0, 0.1) is 5.92 Å². The molecule has 2 heterocycles. The van der Waals surface area contributed by atoms with E-state index in [-0.39, 0.29) is 18.4 Å². The van der Waals surface area contributed by atoms with Crippen molar-refractivity contribution in [2.45, 2.75) is 45.7 Å². The van der Waals surface area contributed by atoms with Crippen molar-refractivity contribution < 1.29 is 14.7 Å². The third-order valence-corrected chi connectivity index (χ3v) is 3.83. The number of carbonyl (C=O) groups is 2. The molecule has 1 amide bonds. The fraction of sp³-hybridized carbons (Fsp3) is 0.643. The van der Waals surface area contributed by atoms with Gasteiger partial charge in [0.2, 0.25) is 5.91 Å². The van der Waals surface area contributed by atoms with Gasteiger partial charge in [-0.2, -0.15) is 5.10 Å². The van der Waals surface area contributed by atoms with Crippen molar-refractivity contribution in [3.05, 3.63) is 17.5 Å². The van der Waals surface area contributed by atoms with Crippen molar-refractivity contribution in [3.63, 3.8) is 0 Å². The first-order chi connectivity index (χ1) is 9.36. The molecule has 0 aliphatic carbocycles. The fourth-order valence-corrected chi connectivity index (χ4v) is 3.03. The molecule has 20 heavy (non-hydrogen) atoms. The quantitative estimate of drug-likeness (QED) is 0.903. The summed E-state index contributed by atoms with van der Waals surface area (Å²) in [4.78, 5) is 25.3. The molecule has 1 aromatic rings. The Balaban J connectivity index is 2.51. The van der Waals surface area contributed by atoms with Crippen molar-refractivity contribution in [1.29, 1.82) is 0 Å². The SMILES string of the molecule is CCc1nn(C)cc1C1C(C(=O)O)CC(=O)N1C(C)C. The largest absolute Gasteiger partial charge is 0.481 e. The van der Waals surface area contributed by atoms with Crippen LogP contribution in [0.25, 0.3) is 0 Å². The van der Waals surface area contributed by atoms with Crippen LogP contribution >= 0.6 is 0 Å². The number of carboxylic acid groups (broad SMARTS) is 1. The number of aliphatic carboxylic acids is 1. The van der Waals surface area contributed by atoms with Crippen molar-refractivity contribution >= 4 is 11.9 Å². The Labute approximate surface area is 118 Å². The highest BCUT2D eigenvalue weighted by Gasteiger charge is 2.46. The summed E-state index contributed by atoms with van der Waals surface area (Å²) < 4.78 is 1.69. The topological polar surface area (TPSA) is 75.4 Å². The van der Waals surface area contributed by atoms with Crippen LogP contribution < -0.4 is 0 Å². The zero-order chi connectivity index (χ0) is 15.0. The maximum atomic E-state index is 12.2. The number of nitrogens with zero attached hydrogens (tertiary/aromatic N) is 3. The molecular formula is C14H21N3O3. The molecule has 2 rings (SSSR count). The molecule has 1 saturated heterocycles. The standard InChI is InChI=1S/C14H21N3O3/c1-5-11-10(7-16(4)15-11)13-9(14(19)20)6-12(18)17(13)8(2)3/h7-9,13H,5-6H2,1-4H3,(H,19,20). The molecule has 0 aromatic carbocycles. The number of aryl methyl sites for hydroxylation is 2. The second-order valence-electron chi connectivity index (χ2n) is 5.55. The van der Waals surface area contributed by atoms with Gasteiger partial charge in [0.15, 0.2) is 0 Å². The third kappa shape index (κ3) is 2.30. The Morgan fingerprint density at radius 1 is 1.55 bits per heavy atom. The van der Waals surface area contributed by atoms with Gasteiger partial charge in [-0.15, -0.1) is 0 Å². The van der Waals surface area contributed by atoms with E-state index >= 15 is 0 Å². The maximum absolute atomic E-state index is 12.2. The third-order valence-electron chi connectivity index (χ3n) is 3.83. The number of aromatic nitrogens is 2. The Morgan fingerprint density at radius 2 is 2.20 bits per heavy atom. The Kier molecular flexibility index (Phi) is 3.83. The second-order valence-corrected chi connectivity index (χ2v) is 5.55. The van der Waals surface area contributed by atoms with Crippen LogP contribution in [0.2, 0.25) is 0 Å². The van der Waals surface area contributed by atoms with Crippen molar-refractivity contribution in [2.24, 2.45) is 13.0 Å². The van der Waals surface area contributed by atoms with Crippen LogP contribution in [-0.4, -0.2) is 37.7 Å². The van der Waals surface area contributed by atoms with E-state index < -0.39 is 17.9 Å². The predicted octanol–water partition coefficient (Wildman–Crippen LogP) is 1.37. The molecule has 1 N–H and O–H groups in total. The van der Waals surface area contributed by atoms with E-state index in [1.165, 1.54) is 0 Å². The monoisotopic (exact) mass is 279 g/mol. The van der Waals surface area contributed by atoms with E-state index in [0.717, 1.165) is 17.7 Å². The van der Waals surface area contributed by atoms with Gasteiger partial charge in [0, 0.05) is 31.3 Å². The first kappa shape index (κ1) is 14.6. The lowest BCUT2D eigenvalue weighted by molar-refractivity contribution is -0.142. The summed E-state index contributed by atoms with van der Waals surface area (Å²) in [6.07, 6.45) is 2.63. The maximum Gasteiger partial charge on any atom is 0.309 e. The Hall–Kier alpha value is -1.85. The van der Waals surface area contributed by atoms with E-state index in [4.69, 9.17) is 0 Å². The molecule has 1 aliphatic rings. The number of hydrogen-bond acceptors (Lipinski definition) is 3. The first-order valence-corrected chi connectivity index (χ1v) is 6.93. The van der Waals surface area contributed by atoms with Gasteiger partial charge in [-0.3, -0.25) is 14.3 Å². The summed E-state index contributed by atoms with van der Waals surface area (Å²) in [5.41, 5.74) is 1.73. The molecule has 1 aromatic heterocycles. The van der Waals surface area contributed by atoms with Gasteiger partial charge in [0.1, 0.15) is 0 Å². The molecule has 6 nitrogen and oxygen atoms in total. The number of rotatable bonds is 4. The lowest BCUT2D eigenvalue weighted by Gasteiger charge is -2.30. The van der Waals surface area contributed by atoms with E-state index in [0.29, 0.717) is 0 Å². The lowest BCUT2D eigenvalue weighted by Crippen LogP contribution is -2.36. The molecule has 0 saturated carbocycles. The summed E-state index contributed by atoms with van der Waals surface area (Å²) in [6.45, 7) is 5.81. The second kappa shape index (κ2) is 5.26. The average molecular weight is 279 g/mol. The number of carbonyl (C=O) groups excluding carboxylic acids is 1. The Morgan fingerprint density at radius 3 is 2.70 bits per heavy atom. The van der Waals surface area contributed by atoms with E-state index in [9.17, 15) is 14.7 Å². The summed E-state index contributed by atoms with van der Waals surface area (Å²) in [5, 5.41) is 13.8. The molecule has 1 aliphatic heterocycles. The van der Waals surface area contributed by atoms with Crippen LogP contribution in [-0.2, 0) is 23.1 Å². The predicted molar refractivity (Wildman–Crippen MR) is 73.1 cm³/mol. The number of amides is 1. The molecule has 0 radical (unpaired) electrons. The first-order valence-electron chi connectivity index (χ1n) is 6.93. The van der Waals surface area contributed by atoms with Gasteiger partial charge in [-0.1, -0.05) is 6.92 Å². The fourth-order valence-electron chi connectivity index (χ4n) is 3.03. The molecule has 2 atom stereocenters. The summed E-state index contributed by atoms with van der Waals surface area (Å²) in [6, 6.07) is -0.439. The van der Waals surface area contributed by atoms with Gasteiger partial charge in [0.25, 0.3) is 0 Å². The van der Waals surface area contributed by atoms with Gasteiger partial charge < -0.3 is 10.0 Å². The van der Waals surface area contributed by atoms with Gasteiger partial charge in [-0.05, 0) is 20.3 Å². The van der Waals surface area contributed by atoms with Crippen LogP contribution in [0.4, 0.5) is 0 Å². The molecule has 1 fully saturated rings. The van der Waals surface area contributed by atoms with Crippen molar-refractivity contribution in [3.8, 4) is 0 Å². The highest BCUT2D eigenvalue weighted by molar-refractivity contribution is 5.87. The van der Waals surface area contributed by atoms with Crippen molar-refractivity contribution in [2.75, 3.05) is 0 Å². The lowest BCUT2D eigenvalue weighted by atomic mass is 9.93.